The van der Waals surface area contributed by atoms with Gasteiger partial charge in [-0.05, 0) is 18.6 Å². The summed E-state index contributed by atoms with van der Waals surface area (Å²) in [6.07, 6.45) is 2.84. The van der Waals surface area contributed by atoms with E-state index in [9.17, 15) is 0 Å². The summed E-state index contributed by atoms with van der Waals surface area (Å²) in [7, 11) is 1.97. The van der Waals surface area contributed by atoms with E-state index in [2.05, 4.69) is 28.2 Å². The zero-order valence-corrected chi connectivity index (χ0v) is 12.4. The van der Waals surface area contributed by atoms with E-state index in [0.717, 1.165) is 46.1 Å². The van der Waals surface area contributed by atoms with Crippen molar-refractivity contribution in [2.24, 2.45) is 7.05 Å². The van der Waals surface area contributed by atoms with Crippen molar-refractivity contribution in [1.29, 1.82) is 0 Å². The molecular formula is C12H18N4S2. The Morgan fingerprint density at radius 1 is 1.56 bits per heavy atom. The Balaban J connectivity index is 2.32. The van der Waals surface area contributed by atoms with Crippen LogP contribution in [-0.4, -0.2) is 30.8 Å². The highest BCUT2D eigenvalue weighted by Crippen LogP contribution is 2.18. The highest BCUT2D eigenvalue weighted by Gasteiger charge is 2.13. The van der Waals surface area contributed by atoms with Crippen molar-refractivity contribution in [1.82, 2.24) is 19.3 Å². The second-order valence-electron chi connectivity index (χ2n) is 4.07. The second kappa shape index (κ2) is 5.75. The van der Waals surface area contributed by atoms with Gasteiger partial charge in [-0.25, -0.2) is 0 Å². The summed E-state index contributed by atoms with van der Waals surface area (Å²) in [5.74, 6) is 2.01. The molecule has 0 fully saturated rings. The summed E-state index contributed by atoms with van der Waals surface area (Å²) in [6, 6.07) is 0. The largest absolute Gasteiger partial charge is 0.328 e. The van der Waals surface area contributed by atoms with Gasteiger partial charge in [-0.1, -0.05) is 13.0 Å². The summed E-state index contributed by atoms with van der Waals surface area (Å²) in [5.41, 5.74) is 3.26. The lowest BCUT2D eigenvalue weighted by molar-refractivity contribution is 0.699. The van der Waals surface area contributed by atoms with Crippen LogP contribution in [0.1, 0.15) is 12.6 Å². The normalized spacial score (nSPS) is 11.2. The standard InChI is InChI=1S/C12H18N4S2/c1-4-7-18-8-6-16-11-10(13-12(16)17)9(5-2)14-15(11)3/h4H,1,5-8H2,2-3H3,(H,13,17). The molecular weight excluding hydrogens is 264 g/mol. The zero-order valence-electron chi connectivity index (χ0n) is 10.8. The average molecular weight is 282 g/mol. The molecule has 2 aromatic heterocycles. The van der Waals surface area contributed by atoms with Crippen LogP contribution in [0.3, 0.4) is 0 Å². The minimum absolute atomic E-state index is 0.784. The van der Waals surface area contributed by atoms with E-state index >= 15 is 0 Å². The number of H-pyrrole nitrogens is 1. The van der Waals surface area contributed by atoms with Crippen molar-refractivity contribution in [2.45, 2.75) is 19.9 Å². The Morgan fingerprint density at radius 3 is 3.00 bits per heavy atom. The Hall–Kier alpha value is -1.01. The molecule has 2 rings (SSSR count). The lowest BCUT2D eigenvalue weighted by atomic mass is 10.3. The number of aryl methyl sites for hydroxylation is 3. The van der Waals surface area contributed by atoms with E-state index < -0.39 is 0 Å². The third-order valence-corrected chi connectivity index (χ3v) is 4.12. The van der Waals surface area contributed by atoms with Crippen molar-refractivity contribution in [2.75, 3.05) is 11.5 Å². The molecule has 0 aliphatic carbocycles. The van der Waals surface area contributed by atoms with Crippen LogP contribution in [0.5, 0.6) is 0 Å². The van der Waals surface area contributed by atoms with Crippen LogP contribution in [0, 0.1) is 4.77 Å². The first-order valence-corrected chi connectivity index (χ1v) is 7.58. The third kappa shape index (κ3) is 2.40. The molecule has 0 radical (unpaired) electrons. The number of hydrogen-bond acceptors (Lipinski definition) is 3. The molecule has 0 atom stereocenters. The summed E-state index contributed by atoms with van der Waals surface area (Å²) >= 11 is 7.25. The van der Waals surface area contributed by atoms with Crippen molar-refractivity contribution < 1.29 is 0 Å². The molecule has 1 N–H and O–H groups in total. The number of nitrogens with one attached hydrogen (secondary N) is 1. The van der Waals surface area contributed by atoms with Crippen molar-refractivity contribution >= 4 is 35.1 Å². The smallest absolute Gasteiger partial charge is 0.179 e. The number of aromatic amines is 1. The lowest BCUT2D eigenvalue weighted by Crippen LogP contribution is -2.05. The summed E-state index contributed by atoms with van der Waals surface area (Å²) in [4.78, 5) is 3.27. The van der Waals surface area contributed by atoms with E-state index in [1.807, 2.05) is 29.6 Å². The molecule has 98 valence electrons. The van der Waals surface area contributed by atoms with E-state index in [1.54, 1.807) is 0 Å². The van der Waals surface area contributed by atoms with E-state index in [0.29, 0.717) is 0 Å². The monoisotopic (exact) mass is 282 g/mol. The van der Waals surface area contributed by atoms with Crippen molar-refractivity contribution in [3.05, 3.63) is 23.1 Å². The molecule has 0 aliphatic rings. The Labute approximate surface area is 116 Å². The molecule has 18 heavy (non-hydrogen) atoms. The van der Waals surface area contributed by atoms with Crippen LogP contribution in [0.25, 0.3) is 11.2 Å². The molecule has 6 heteroatoms. The predicted molar refractivity (Wildman–Crippen MR) is 80.8 cm³/mol. The van der Waals surface area contributed by atoms with Gasteiger partial charge < -0.3 is 9.55 Å². The van der Waals surface area contributed by atoms with Gasteiger partial charge in [-0.3, -0.25) is 4.68 Å². The molecule has 4 nitrogen and oxygen atoms in total. The van der Waals surface area contributed by atoms with E-state index in [4.69, 9.17) is 12.2 Å². The van der Waals surface area contributed by atoms with Crippen molar-refractivity contribution in [3.63, 3.8) is 0 Å². The first-order valence-electron chi connectivity index (χ1n) is 6.02. The number of nitrogens with zero attached hydrogens (tertiary/aromatic N) is 3. The zero-order chi connectivity index (χ0) is 13.1. The van der Waals surface area contributed by atoms with E-state index in [-0.39, 0.29) is 0 Å². The second-order valence-corrected chi connectivity index (χ2v) is 5.60. The highest BCUT2D eigenvalue weighted by atomic mass is 32.2. The lowest BCUT2D eigenvalue weighted by Gasteiger charge is -2.03. The number of aromatic nitrogens is 4. The quantitative estimate of drug-likeness (QED) is 0.503. The van der Waals surface area contributed by atoms with Gasteiger partial charge in [-0.2, -0.15) is 16.9 Å². The van der Waals surface area contributed by atoms with Gasteiger partial charge >= 0.3 is 0 Å². The molecule has 0 unspecified atom stereocenters. The molecule has 2 aromatic rings. The molecule has 2 heterocycles. The number of thioether (sulfide) groups is 1. The average Bonchev–Trinajstić information content (AvgIpc) is 2.83. The van der Waals surface area contributed by atoms with Crippen molar-refractivity contribution in [3.8, 4) is 0 Å². The maximum atomic E-state index is 5.39. The first-order chi connectivity index (χ1) is 8.69. The highest BCUT2D eigenvalue weighted by molar-refractivity contribution is 7.99. The van der Waals surface area contributed by atoms with E-state index in [1.165, 1.54) is 0 Å². The molecule has 0 saturated heterocycles. The minimum Gasteiger partial charge on any atom is -0.328 e. The van der Waals surface area contributed by atoms with Crippen LogP contribution >= 0.6 is 24.0 Å². The van der Waals surface area contributed by atoms with Crippen LogP contribution in [0.2, 0.25) is 0 Å². The SMILES string of the molecule is C=CCSCCn1c(=S)[nH]c2c(CC)nn(C)c21. The van der Waals surface area contributed by atoms with Gasteiger partial charge in [0.1, 0.15) is 5.52 Å². The first kappa shape index (κ1) is 13.4. The van der Waals surface area contributed by atoms with Gasteiger partial charge in [0.2, 0.25) is 0 Å². The predicted octanol–water partition coefficient (Wildman–Crippen LogP) is 2.91. The van der Waals surface area contributed by atoms with Crippen LogP contribution < -0.4 is 0 Å². The molecule has 0 bridgehead atoms. The summed E-state index contributed by atoms with van der Waals surface area (Å²) in [5, 5.41) is 4.51. The van der Waals surface area contributed by atoms with Crippen LogP contribution in [-0.2, 0) is 20.0 Å². The maximum Gasteiger partial charge on any atom is 0.179 e. The fraction of sp³-hybridized carbons (Fsp3) is 0.500. The number of rotatable bonds is 6. The molecule has 0 aliphatic heterocycles. The molecule has 0 amide bonds. The fourth-order valence-corrected chi connectivity index (χ4v) is 2.98. The van der Waals surface area contributed by atoms with Gasteiger partial charge in [0.15, 0.2) is 10.4 Å². The van der Waals surface area contributed by atoms with Gasteiger partial charge in [0, 0.05) is 25.1 Å². The minimum atomic E-state index is 0.784. The van der Waals surface area contributed by atoms with Crippen LogP contribution in [0.4, 0.5) is 0 Å². The maximum absolute atomic E-state index is 5.39. The Bertz CT molecular complexity index is 605. The number of imidazole rings is 1. The van der Waals surface area contributed by atoms with Crippen LogP contribution in [0.15, 0.2) is 12.7 Å². The molecule has 0 aromatic carbocycles. The topological polar surface area (TPSA) is 38.5 Å². The number of hydrogen-bond donors (Lipinski definition) is 1. The van der Waals surface area contributed by atoms with Gasteiger partial charge in [-0.15, -0.1) is 6.58 Å². The fourth-order valence-electron chi connectivity index (χ4n) is 2.06. The van der Waals surface area contributed by atoms with Gasteiger partial charge in [0.05, 0.1) is 5.69 Å². The molecule has 0 saturated carbocycles. The third-order valence-electron chi connectivity index (χ3n) is 2.85. The Morgan fingerprint density at radius 2 is 2.33 bits per heavy atom. The van der Waals surface area contributed by atoms with Gasteiger partial charge in [0.25, 0.3) is 0 Å². The number of fused-ring (bicyclic) bond motifs is 1. The summed E-state index contributed by atoms with van der Waals surface area (Å²) in [6.45, 7) is 6.73. The molecule has 0 spiro atoms. The Kier molecular flexibility index (Phi) is 4.29. The summed E-state index contributed by atoms with van der Waals surface area (Å²) < 4.78 is 4.83.